The minimum atomic E-state index is -0.540. The predicted molar refractivity (Wildman–Crippen MR) is 90.6 cm³/mol. The van der Waals surface area contributed by atoms with Gasteiger partial charge in [-0.3, -0.25) is 0 Å². The predicted octanol–water partition coefficient (Wildman–Crippen LogP) is 3.99. The van der Waals surface area contributed by atoms with Crippen LogP contribution in [0.25, 0.3) is 0 Å². The maximum absolute atomic E-state index is 13.9. The minimum absolute atomic E-state index is 0.0840. The number of rotatable bonds is 4. The van der Waals surface area contributed by atoms with Gasteiger partial charge in [0, 0.05) is 17.1 Å². The zero-order valence-electron chi connectivity index (χ0n) is 12.5. The molecule has 6 heteroatoms. The lowest BCUT2D eigenvalue weighted by molar-refractivity contribution is 0.619. The Balaban J connectivity index is 1.84. The third-order valence-corrected chi connectivity index (χ3v) is 3.17. The van der Waals surface area contributed by atoms with Gasteiger partial charge >= 0.3 is 0 Å². The largest absolute Gasteiger partial charge is 0.399 e. The SMILES string of the molecule is Cc1cccc(Nc2ncc(F)c(Nc3cccc(N)c3)n2)c1. The molecule has 3 aromatic rings. The van der Waals surface area contributed by atoms with E-state index in [1.807, 2.05) is 31.2 Å². The first-order chi connectivity index (χ1) is 11.1. The summed E-state index contributed by atoms with van der Waals surface area (Å²) in [7, 11) is 0. The van der Waals surface area contributed by atoms with Crippen LogP contribution in [0.2, 0.25) is 0 Å². The molecule has 0 fully saturated rings. The number of nitrogen functional groups attached to an aromatic ring is 1. The number of hydrogen-bond donors (Lipinski definition) is 3. The first-order valence-electron chi connectivity index (χ1n) is 7.09. The maximum atomic E-state index is 13.9. The van der Waals surface area contributed by atoms with Gasteiger partial charge in [-0.2, -0.15) is 4.98 Å². The van der Waals surface area contributed by atoms with Crippen molar-refractivity contribution in [3.8, 4) is 0 Å². The lowest BCUT2D eigenvalue weighted by Gasteiger charge is -2.10. The molecule has 5 nitrogen and oxygen atoms in total. The van der Waals surface area contributed by atoms with E-state index in [2.05, 4.69) is 20.6 Å². The highest BCUT2D eigenvalue weighted by atomic mass is 19.1. The standard InChI is InChI=1S/C17H16FN5/c1-11-4-2-6-13(8-11)22-17-20-10-15(18)16(23-17)21-14-7-3-5-12(19)9-14/h2-10H,19H2,1H3,(H2,20,21,22,23). The second-order valence-electron chi connectivity index (χ2n) is 5.14. The lowest BCUT2D eigenvalue weighted by atomic mass is 10.2. The van der Waals surface area contributed by atoms with E-state index in [-0.39, 0.29) is 5.82 Å². The van der Waals surface area contributed by atoms with E-state index in [1.165, 1.54) is 0 Å². The van der Waals surface area contributed by atoms with Crippen molar-refractivity contribution in [1.29, 1.82) is 0 Å². The number of benzene rings is 2. The Labute approximate surface area is 133 Å². The van der Waals surface area contributed by atoms with Crippen LogP contribution in [0.3, 0.4) is 0 Å². The van der Waals surface area contributed by atoms with Crippen molar-refractivity contribution in [3.05, 3.63) is 66.1 Å². The first-order valence-corrected chi connectivity index (χ1v) is 7.09. The number of nitrogens with one attached hydrogen (secondary N) is 2. The molecule has 1 heterocycles. The Bertz CT molecular complexity index is 835. The van der Waals surface area contributed by atoms with Gasteiger partial charge in [0.05, 0.1) is 6.20 Å². The lowest BCUT2D eigenvalue weighted by Crippen LogP contribution is -2.03. The fourth-order valence-corrected chi connectivity index (χ4v) is 2.12. The number of nitrogens with two attached hydrogens (primary N) is 1. The zero-order chi connectivity index (χ0) is 16.2. The molecule has 3 rings (SSSR count). The summed E-state index contributed by atoms with van der Waals surface area (Å²) in [6.45, 7) is 1.99. The first kappa shape index (κ1) is 14.8. The number of nitrogens with zero attached hydrogens (tertiary/aromatic N) is 2. The molecule has 0 aliphatic rings. The molecule has 0 amide bonds. The number of anilines is 5. The van der Waals surface area contributed by atoms with Crippen molar-refractivity contribution in [2.75, 3.05) is 16.4 Å². The Morgan fingerprint density at radius 1 is 1.00 bits per heavy atom. The second-order valence-corrected chi connectivity index (χ2v) is 5.14. The average molecular weight is 309 g/mol. The molecule has 1 aromatic heterocycles. The molecular weight excluding hydrogens is 293 g/mol. The highest BCUT2D eigenvalue weighted by Gasteiger charge is 2.08. The Morgan fingerprint density at radius 3 is 2.48 bits per heavy atom. The van der Waals surface area contributed by atoms with Gasteiger partial charge in [0.1, 0.15) is 0 Å². The van der Waals surface area contributed by atoms with Crippen LogP contribution in [0.5, 0.6) is 0 Å². The summed E-state index contributed by atoms with van der Waals surface area (Å²) in [4.78, 5) is 8.13. The second kappa shape index (κ2) is 6.31. The zero-order valence-corrected chi connectivity index (χ0v) is 12.5. The van der Waals surface area contributed by atoms with E-state index < -0.39 is 5.82 Å². The molecule has 0 bridgehead atoms. The number of aryl methyl sites for hydroxylation is 1. The van der Waals surface area contributed by atoms with Crippen LogP contribution in [-0.4, -0.2) is 9.97 Å². The van der Waals surface area contributed by atoms with Crippen LogP contribution < -0.4 is 16.4 Å². The monoisotopic (exact) mass is 309 g/mol. The van der Waals surface area contributed by atoms with Gasteiger partial charge < -0.3 is 16.4 Å². The summed E-state index contributed by atoms with van der Waals surface area (Å²) in [6, 6.07) is 14.8. The normalized spacial score (nSPS) is 10.3. The van der Waals surface area contributed by atoms with E-state index in [1.54, 1.807) is 24.3 Å². The Morgan fingerprint density at radius 2 is 1.74 bits per heavy atom. The fourth-order valence-electron chi connectivity index (χ4n) is 2.12. The van der Waals surface area contributed by atoms with Crippen molar-refractivity contribution >= 4 is 28.8 Å². The van der Waals surface area contributed by atoms with Crippen molar-refractivity contribution in [3.63, 3.8) is 0 Å². The molecule has 0 unspecified atom stereocenters. The molecule has 0 atom stereocenters. The highest BCUT2D eigenvalue weighted by molar-refractivity contribution is 5.63. The summed E-state index contributed by atoms with van der Waals surface area (Å²) in [5, 5.41) is 5.96. The van der Waals surface area contributed by atoms with Gasteiger partial charge in [-0.1, -0.05) is 18.2 Å². The summed E-state index contributed by atoms with van der Waals surface area (Å²) in [5.74, 6) is -0.147. The molecule has 0 spiro atoms. The van der Waals surface area contributed by atoms with Crippen LogP contribution in [0.1, 0.15) is 5.56 Å². The van der Waals surface area contributed by atoms with Crippen molar-refractivity contribution in [2.45, 2.75) is 6.92 Å². The molecule has 0 aliphatic carbocycles. The van der Waals surface area contributed by atoms with Gasteiger partial charge in [0.2, 0.25) is 5.95 Å². The highest BCUT2D eigenvalue weighted by Crippen LogP contribution is 2.21. The summed E-state index contributed by atoms with van der Waals surface area (Å²) in [6.07, 6.45) is 1.12. The van der Waals surface area contributed by atoms with E-state index >= 15 is 0 Å². The molecule has 2 aromatic carbocycles. The van der Waals surface area contributed by atoms with Crippen LogP contribution in [0, 0.1) is 12.7 Å². The van der Waals surface area contributed by atoms with Gasteiger partial charge in [0.25, 0.3) is 0 Å². The van der Waals surface area contributed by atoms with Gasteiger partial charge in [-0.25, -0.2) is 9.37 Å². The minimum Gasteiger partial charge on any atom is -0.399 e. The summed E-state index contributed by atoms with van der Waals surface area (Å²) < 4.78 is 13.9. The summed E-state index contributed by atoms with van der Waals surface area (Å²) in [5.41, 5.74) is 8.91. The average Bonchev–Trinajstić information content (AvgIpc) is 2.51. The van der Waals surface area contributed by atoms with Crippen LogP contribution in [0.15, 0.2) is 54.7 Å². The van der Waals surface area contributed by atoms with Crippen LogP contribution in [0.4, 0.5) is 33.2 Å². The van der Waals surface area contributed by atoms with Gasteiger partial charge in [-0.05, 0) is 42.8 Å². The molecule has 0 saturated heterocycles. The van der Waals surface area contributed by atoms with E-state index in [4.69, 9.17) is 5.73 Å². The topological polar surface area (TPSA) is 75.9 Å². The van der Waals surface area contributed by atoms with Crippen LogP contribution in [-0.2, 0) is 0 Å². The molecule has 23 heavy (non-hydrogen) atoms. The number of hydrogen-bond acceptors (Lipinski definition) is 5. The fraction of sp³-hybridized carbons (Fsp3) is 0.0588. The van der Waals surface area contributed by atoms with E-state index in [9.17, 15) is 4.39 Å². The smallest absolute Gasteiger partial charge is 0.229 e. The molecule has 0 saturated carbocycles. The van der Waals surface area contributed by atoms with E-state index in [0.29, 0.717) is 17.3 Å². The molecule has 116 valence electrons. The van der Waals surface area contributed by atoms with Crippen molar-refractivity contribution < 1.29 is 4.39 Å². The van der Waals surface area contributed by atoms with E-state index in [0.717, 1.165) is 17.4 Å². The third-order valence-electron chi connectivity index (χ3n) is 3.17. The molecule has 4 N–H and O–H groups in total. The molecule has 0 radical (unpaired) electrons. The maximum Gasteiger partial charge on any atom is 0.229 e. The molecular formula is C17H16FN5. The van der Waals surface area contributed by atoms with Gasteiger partial charge in [-0.15, -0.1) is 0 Å². The Kier molecular flexibility index (Phi) is 4.05. The third kappa shape index (κ3) is 3.74. The van der Waals surface area contributed by atoms with Crippen molar-refractivity contribution in [2.24, 2.45) is 0 Å². The number of aromatic nitrogens is 2. The molecule has 0 aliphatic heterocycles. The Hall–Kier alpha value is -3.15. The number of halogens is 1. The van der Waals surface area contributed by atoms with Crippen molar-refractivity contribution in [1.82, 2.24) is 9.97 Å². The van der Waals surface area contributed by atoms with Crippen LogP contribution >= 0.6 is 0 Å². The summed E-state index contributed by atoms with van der Waals surface area (Å²) >= 11 is 0. The van der Waals surface area contributed by atoms with Gasteiger partial charge in [0.15, 0.2) is 11.6 Å². The quantitative estimate of drug-likeness (QED) is 0.635.